The van der Waals surface area contributed by atoms with Crippen molar-refractivity contribution in [3.05, 3.63) is 29.8 Å². The highest BCUT2D eigenvalue weighted by Gasteiger charge is 2.18. The van der Waals surface area contributed by atoms with E-state index in [1.807, 2.05) is 0 Å². The number of unbranched alkanes of at least 4 members (excludes halogenated alkanes) is 1. The maximum absolute atomic E-state index is 12.2. The Morgan fingerprint density at radius 2 is 2.05 bits per heavy atom. The quantitative estimate of drug-likeness (QED) is 0.532. The van der Waals surface area contributed by atoms with Crippen LogP contribution >= 0.6 is 12.2 Å². The molecule has 0 atom stereocenters. The third-order valence-corrected chi connectivity index (χ3v) is 4.36. The molecule has 1 aromatic rings. The summed E-state index contributed by atoms with van der Waals surface area (Å²) in [5, 5.41) is 0. The van der Waals surface area contributed by atoms with Gasteiger partial charge in [0.1, 0.15) is 4.99 Å². The molecular weight excluding hydrogens is 296 g/mol. The number of thiocarbonyl (C=S) groups is 1. The molecule has 0 fully saturated rings. The van der Waals surface area contributed by atoms with Gasteiger partial charge >= 0.3 is 0 Å². The van der Waals surface area contributed by atoms with Crippen molar-refractivity contribution in [1.82, 2.24) is 4.72 Å². The molecule has 0 aliphatic carbocycles. The second-order valence-corrected chi connectivity index (χ2v) is 6.40. The fourth-order valence-corrected chi connectivity index (χ4v) is 3.05. The summed E-state index contributed by atoms with van der Waals surface area (Å²) in [6.07, 6.45) is 2.02. The van der Waals surface area contributed by atoms with Gasteiger partial charge in [0.2, 0.25) is 10.0 Å². The highest BCUT2D eigenvalue weighted by atomic mass is 32.2. The first-order valence-corrected chi connectivity index (χ1v) is 8.34. The van der Waals surface area contributed by atoms with E-state index >= 15 is 0 Å². The van der Waals surface area contributed by atoms with E-state index in [4.69, 9.17) is 22.7 Å². The summed E-state index contributed by atoms with van der Waals surface area (Å²) in [7, 11) is -3.63. The molecule has 20 heavy (non-hydrogen) atoms. The minimum atomic E-state index is -3.63. The van der Waals surface area contributed by atoms with Crippen molar-refractivity contribution in [2.75, 3.05) is 19.8 Å². The second kappa shape index (κ2) is 8.31. The van der Waals surface area contributed by atoms with Crippen LogP contribution in [0.2, 0.25) is 0 Å². The fraction of sp³-hybridized carbons (Fsp3) is 0.462. The van der Waals surface area contributed by atoms with Crippen molar-refractivity contribution in [3.63, 3.8) is 0 Å². The zero-order chi connectivity index (χ0) is 15.0. The number of nitrogens with two attached hydrogens (primary N) is 1. The van der Waals surface area contributed by atoms with Gasteiger partial charge in [-0.15, -0.1) is 0 Å². The lowest BCUT2D eigenvalue weighted by Gasteiger charge is -2.10. The van der Waals surface area contributed by atoms with Gasteiger partial charge in [0, 0.05) is 18.7 Å². The second-order valence-electron chi connectivity index (χ2n) is 4.22. The molecule has 0 spiro atoms. The molecule has 1 rings (SSSR count). The molecule has 112 valence electrons. The van der Waals surface area contributed by atoms with Crippen molar-refractivity contribution in [1.29, 1.82) is 0 Å². The zero-order valence-electron chi connectivity index (χ0n) is 11.5. The first-order valence-electron chi connectivity index (χ1n) is 6.45. The Morgan fingerprint density at radius 1 is 1.35 bits per heavy atom. The van der Waals surface area contributed by atoms with Crippen LogP contribution in [-0.4, -0.2) is 33.2 Å². The van der Waals surface area contributed by atoms with Crippen LogP contribution in [0.1, 0.15) is 25.3 Å². The average molecular weight is 316 g/mol. The summed E-state index contributed by atoms with van der Waals surface area (Å²) >= 11 is 4.86. The van der Waals surface area contributed by atoms with Crippen molar-refractivity contribution >= 4 is 27.2 Å². The molecule has 0 amide bonds. The lowest BCUT2D eigenvalue weighted by Crippen LogP contribution is -2.29. The molecular formula is C13H20N2O3S2. The predicted molar refractivity (Wildman–Crippen MR) is 83.2 cm³/mol. The largest absolute Gasteiger partial charge is 0.389 e. The number of rotatable bonds is 9. The van der Waals surface area contributed by atoms with E-state index in [9.17, 15) is 8.42 Å². The van der Waals surface area contributed by atoms with Crippen molar-refractivity contribution in [2.45, 2.75) is 24.7 Å². The first kappa shape index (κ1) is 17.0. The first-order chi connectivity index (χ1) is 9.49. The topological polar surface area (TPSA) is 81.4 Å². The summed E-state index contributed by atoms with van der Waals surface area (Å²) in [5.41, 5.74) is 5.88. The Kier molecular flexibility index (Phi) is 7.08. The Morgan fingerprint density at radius 3 is 2.70 bits per heavy atom. The Bertz CT molecular complexity index is 544. The van der Waals surface area contributed by atoms with Crippen LogP contribution in [0.5, 0.6) is 0 Å². The smallest absolute Gasteiger partial charge is 0.241 e. The predicted octanol–water partition coefficient (Wildman–Crippen LogP) is 1.42. The van der Waals surface area contributed by atoms with Crippen molar-refractivity contribution in [3.8, 4) is 0 Å². The molecule has 7 heteroatoms. The summed E-state index contributed by atoms with van der Waals surface area (Å²) in [4.78, 5) is 0.159. The summed E-state index contributed by atoms with van der Waals surface area (Å²) in [5.74, 6) is 0. The molecule has 1 aromatic carbocycles. The molecule has 0 saturated heterocycles. The molecule has 0 heterocycles. The van der Waals surface area contributed by atoms with Gasteiger partial charge in [0.05, 0.1) is 11.5 Å². The lowest BCUT2D eigenvalue weighted by atomic mass is 10.2. The van der Waals surface area contributed by atoms with E-state index in [0.717, 1.165) is 12.8 Å². The van der Waals surface area contributed by atoms with Gasteiger partial charge in [-0.25, -0.2) is 13.1 Å². The number of ether oxygens (including phenoxy) is 1. The summed E-state index contributed by atoms with van der Waals surface area (Å²) < 4.78 is 32.1. The number of benzene rings is 1. The third-order valence-electron chi connectivity index (χ3n) is 2.62. The van der Waals surface area contributed by atoms with Gasteiger partial charge in [-0.1, -0.05) is 43.8 Å². The SMILES string of the molecule is CCCCOCCNS(=O)(=O)c1ccccc1C(N)=S. The molecule has 0 unspecified atom stereocenters. The molecule has 0 bridgehead atoms. The summed E-state index contributed by atoms with van der Waals surface area (Å²) in [6.45, 7) is 3.27. The van der Waals surface area contributed by atoms with Gasteiger partial charge in [0.25, 0.3) is 0 Å². The number of nitrogens with one attached hydrogen (secondary N) is 1. The maximum atomic E-state index is 12.2. The van der Waals surface area contributed by atoms with Crippen LogP contribution in [-0.2, 0) is 14.8 Å². The monoisotopic (exact) mass is 316 g/mol. The van der Waals surface area contributed by atoms with Gasteiger partial charge in [-0.05, 0) is 12.5 Å². The van der Waals surface area contributed by atoms with Crippen LogP contribution in [0, 0.1) is 0 Å². The molecule has 0 aliphatic heterocycles. The van der Waals surface area contributed by atoms with Crippen molar-refractivity contribution in [2.24, 2.45) is 5.73 Å². The third kappa shape index (κ3) is 5.16. The van der Waals surface area contributed by atoms with Crippen LogP contribution < -0.4 is 10.5 Å². The minimum absolute atomic E-state index is 0.0603. The number of sulfonamides is 1. The molecule has 0 saturated carbocycles. The van der Waals surface area contributed by atoms with Crippen LogP contribution in [0.15, 0.2) is 29.2 Å². The number of hydrogen-bond acceptors (Lipinski definition) is 4. The highest BCUT2D eigenvalue weighted by molar-refractivity contribution is 7.89. The van der Waals surface area contributed by atoms with Gasteiger partial charge < -0.3 is 10.5 Å². The Balaban J connectivity index is 2.63. The van der Waals surface area contributed by atoms with E-state index in [2.05, 4.69) is 11.6 Å². The van der Waals surface area contributed by atoms with E-state index in [0.29, 0.717) is 18.8 Å². The molecule has 0 aromatic heterocycles. The maximum Gasteiger partial charge on any atom is 0.241 e. The van der Waals surface area contributed by atoms with Gasteiger partial charge in [-0.3, -0.25) is 0 Å². The summed E-state index contributed by atoms with van der Waals surface area (Å²) in [6, 6.07) is 6.40. The Hall–Kier alpha value is -1.02. The van der Waals surface area contributed by atoms with E-state index in [1.165, 1.54) is 6.07 Å². The van der Waals surface area contributed by atoms with E-state index in [-0.39, 0.29) is 16.4 Å². The van der Waals surface area contributed by atoms with Gasteiger partial charge in [-0.2, -0.15) is 0 Å². The van der Waals surface area contributed by atoms with Crippen LogP contribution in [0.3, 0.4) is 0 Å². The fourth-order valence-electron chi connectivity index (χ4n) is 1.58. The van der Waals surface area contributed by atoms with E-state index < -0.39 is 10.0 Å². The standard InChI is InChI=1S/C13H20N2O3S2/c1-2-3-9-18-10-8-15-20(16,17)12-7-5-4-6-11(12)13(14)19/h4-7,15H,2-3,8-10H2,1H3,(H2,14,19). The number of hydrogen-bond donors (Lipinski definition) is 2. The molecule has 0 radical (unpaired) electrons. The Labute approximate surface area is 125 Å². The van der Waals surface area contributed by atoms with Crippen LogP contribution in [0.4, 0.5) is 0 Å². The van der Waals surface area contributed by atoms with Crippen molar-refractivity contribution < 1.29 is 13.2 Å². The van der Waals surface area contributed by atoms with E-state index in [1.54, 1.807) is 18.2 Å². The molecule has 0 aliphatic rings. The molecule has 5 nitrogen and oxygen atoms in total. The average Bonchev–Trinajstić information content (AvgIpc) is 2.42. The highest BCUT2D eigenvalue weighted by Crippen LogP contribution is 2.14. The van der Waals surface area contributed by atoms with Gasteiger partial charge in [0.15, 0.2) is 0 Å². The van der Waals surface area contributed by atoms with Crippen LogP contribution in [0.25, 0.3) is 0 Å². The normalized spacial score (nSPS) is 11.4. The lowest BCUT2D eigenvalue weighted by molar-refractivity contribution is 0.136. The minimum Gasteiger partial charge on any atom is -0.389 e. The molecule has 3 N–H and O–H groups in total. The zero-order valence-corrected chi connectivity index (χ0v) is 13.1.